The minimum absolute atomic E-state index is 0.400. The monoisotopic (exact) mass is 239 g/mol. The van der Waals surface area contributed by atoms with E-state index in [4.69, 9.17) is 4.74 Å². The first kappa shape index (κ1) is 12.1. The summed E-state index contributed by atoms with van der Waals surface area (Å²) in [6.45, 7) is 2.91. The molecule has 0 radical (unpaired) electrons. The topological polar surface area (TPSA) is 21.3 Å². The van der Waals surface area contributed by atoms with Crippen molar-refractivity contribution >= 4 is 11.3 Å². The molecule has 1 fully saturated rings. The quantitative estimate of drug-likeness (QED) is 0.790. The van der Waals surface area contributed by atoms with Crippen molar-refractivity contribution in [3.63, 3.8) is 0 Å². The van der Waals surface area contributed by atoms with Crippen LogP contribution in [0.15, 0.2) is 17.5 Å². The minimum atomic E-state index is 0.400. The molecule has 1 aliphatic rings. The molecule has 1 aromatic heterocycles. The van der Waals surface area contributed by atoms with Gasteiger partial charge in [0.2, 0.25) is 0 Å². The Bertz CT molecular complexity index is 295. The number of nitrogens with one attached hydrogen (secondary N) is 1. The molecule has 0 saturated heterocycles. The Balaban J connectivity index is 1.95. The van der Waals surface area contributed by atoms with E-state index in [1.165, 1.54) is 17.7 Å². The maximum atomic E-state index is 5.91. The van der Waals surface area contributed by atoms with Crippen LogP contribution in [-0.2, 0) is 11.2 Å². The van der Waals surface area contributed by atoms with E-state index in [2.05, 4.69) is 29.8 Å². The number of ether oxygens (including phenoxy) is 1. The summed E-state index contributed by atoms with van der Waals surface area (Å²) in [6.07, 6.45) is 4.17. The van der Waals surface area contributed by atoms with Gasteiger partial charge in [-0.25, -0.2) is 0 Å². The smallest absolute Gasteiger partial charge is 0.0759 e. The number of hydrogen-bond acceptors (Lipinski definition) is 3. The van der Waals surface area contributed by atoms with E-state index >= 15 is 0 Å². The SMILES string of the molecule is CCOC(C1CC1)C(Cc1cccs1)NC. The molecule has 0 spiro atoms. The van der Waals surface area contributed by atoms with Gasteiger partial charge in [0, 0.05) is 17.5 Å². The predicted molar refractivity (Wildman–Crippen MR) is 69.0 cm³/mol. The molecule has 2 atom stereocenters. The largest absolute Gasteiger partial charge is 0.377 e. The minimum Gasteiger partial charge on any atom is -0.377 e. The van der Waals surface area contributed by atoms with Crippen molar-refractivity contribution in [2.75, 3.05) is 13.7 Å². The molecule has 0 aromatic carbocycles. The predicted octanol–water partition coefficient (Wildman–Crippen LogP) is 2.69. The Morgan fingerprint density at radius 1 is 1.56 bits per heavy atom. The van der Waals surface area contributed by atoms with Crippen LogP contribution in [0.2, 0.25) is 0 Å². The third kappa shape index (κ3) is 3.06. The molecule has 2 rings (SSSR count). The zero-order valence-electron chi connectivity index (χ0n) is 10.1. The van der Waals surface area contributed by atoms with E-state index in [1.54, 1.807) is 0 Å². The highest BCUT2D eigenvalue weighted by molar-refractivity contribution is 7.09. The number of likely N-dealkylation sites (N-methyl/N-ethyl adjacent to an activating group) is 1. The summed E-state index contributed by atoms with van der Waals surface area (Å²) in [4.78, 5) is 1.45. The molecule has 1 aromatic rings. The summed E-state index contributed by atoms with van der Waals surface area (Å²) in [5, 5.41) is 5.58. The van der Waals surface area contributed by atoms with Gasteiger partial charge in [-0.1, -0.05) is 6.07 Å². The molecular formula is C13H21NOS. The van der Waals surface area contributed by atoms with E-state index in [1.807, 2.05) is 18.4 Å². The molecule has 1 saturated carbocycles. The Morgan fingerprint density at radius 2 is 2.38 bits per heavy atom. The second-order valence-corrected chi connectivity index (χ2v) is 5.47. The van der Waals surface area contributed by atoms with Gasteiger partial charge >= 0.3 is 0 Å². The lowest BCUT2D eigenvalue weighted by atomic mass is 10.0. The van der Waals surface area contributed by atoms with E-state index in [-0.39, 0.29) is 0 Å². The summed E-state index contributed by atoms with van der Waals surface area (Å²) in [7, 11) is 2.05. The van der Waals surface area contributed by atoms with Gasteiger partial charge in [-0.2, -0.15) is 0 Å². The molecule has 0 bridgehead atoms. The van der Waals surface area contributed by atoms with Crippen molar-refractivity contribution < 1.29 is 4.74 Å². The molecule has 90 valence electrons. The van der Waals surface area contributed by atoms with E-state index in [0.29, 0.717) is 12.1 Å². The van der Waals surface area contributed by atoms with Crippen LogP contribution in [0.1, 0.15) is 24.6 Å². The van der Waals surface area contributed by atoms with Crippen LogP contribution in [0.5, 0.6) is 0 Å². The summed E-state index contributed by atoms with van der Waals surface area (Å²) >= 11 is 1.84. The van der Waals surface area contributed by atoms with Gasteiger partial charge in [-0.05, 0) is 50.6 Å². The second kappa shape index (κ2) is 5.80. The fraction of sp³-hybridized carbons (Fsp3) is 0.692. The fourth-order valence-electron chi connectivity index (χ4n) is 2.23. The number of thiophene rings is 1. The number of rotatable bonds is 7. The maximum Gasteiger partial charge on any atom is 0.0759 e. The first-order valence-corrected chi connectivity index (χ1v) is 7.04. The van der Waals surface area contributed by atoms with Crippen LogP contribution in [0, 0.1) is 5.92 Å². The molecule has 0 aliphatic heterocycles. The molecular weight excluding hydrogens is 218 g/mol. The average molecular weight is 239 g/mol. The van der Waals surface area contributed by atoms with Gasteiger partial charge in [0.1, 0.15) is 0 Å². The normalized spacial score (nSPS) is 19.6. The summed E-state index contributed by atoms with van der Waals surface area (Å²) in [5.74, 6) is 0.789. The Labute approximate surface area is 102 Å². The summed E-state index contributed by atoms with van der Waals surface area (Å²) in [5.41, 5.74) is 0. The van der Waals surface area contributed by atoms with Crippen LogP contribution in [0.3, 0.4) is 0 Å². The summed E-state index contributed by atoms with van der Waals surface area (Å²) in [6, 6.07) is 4.80. The average Bonchev–Trinajstić information content (AvgIpc) is 3.01. The van der Waals surface area contributed by atoms with Crippen LogP contribution in [0.4, 0.5) is 0 Å². The Morgan fingerprint density at radius 3 is 2.88 bits per heavy atom. The van der Waals surface area contributed by atoms with Crippen molar-refractivity contribution in [2.24, 2.45) is 5.92 Å². The Hall–Kier alpha value is -0.380. The lowest BCUT2D eigenvalue weighted by Crippen LogP contribution is -2.42. The molecule has 2 nitrogen and oxygen atoms in total. The first-order valence-electron chi connectivity index (χ1n) is 6.16. The zero-order valence-corrected chi connectivity index (χ0v) is 10.9. The van der Waals surface area contributed by atoms with Crippen molar-refractivity contribution in [3.05, 3.63) is 22.4 Å². The highest BCUT2D eigenvalue weighted by atomic mass is 32.1. The summed E-state index contributed by atoms with van der Waals surface area (Å²) < 4.78 is 5.91. The van der Waals surface area contributed by atoms with Crippen LogP contribution in [0.25, 0.3) is 0 Å². The van der Waals surface area contributed by atoms with Gasteiger partial charge in [0.25, 0.3) is 0 Å². The van der Waals surface area contributed by atoms with E-state index in [9.17, 15) is 0 Å². The van der Waals surface area contributed by atoms with E-state index < -0.39 is 0 Å². The standard InChI is InChI=1S/C13H21NOS/c1-3-15-13(10-6-7-10)12(14-2)9-11-5-4-8-16-11/h4-5,8,10,12-14H,3,6-7,9H2,1-2H3. The van der Waals surface area contributed by atoms with Crippen LogP contribution >= 0.6 is 11.3 Å². The van der Waals surface area contributed by atoms with Gasteiger partial charge in [0.05, 0.1) is 6.10 Å². The van der Waals surface area contributed by atoms with Gasteiger partial charge in [-0.3, -0.25) is 0 Å². The lowest BCUT2D eigenvalue weighted by Gasteiger charge is -2.26. The van der Waals surface area contributed by atoms with Crippen LogP contribution < -0.4 is 5.32 Å². The highest BCUT2D eigenvalue weighted by Crippen LogP contribution is 2.36. The van der Waals surface area contributed by atoms with Gasteiger partial charge in [0.15, 0.2) is 0 Å². The molecule has 2 unspecified atom stereocenters. The van der Waals surface area contributed by atoms with Crippen molar-refractivity contribution in [1.29, 1.82) is 0 Å². The van der Waals surface area contributed by atoms with Crippen molar-refractivity contribution in [3.8, 4) is 0 Å². The molecule has 1 aliphatic carbocycles. The highest BCUT2D eigenvalue weighted by Gasteiger charge is 2.36. The molecule has 1 N–H and O–H groups in total. The van der Waals surface area contributed by atoms with Crippen LogP contribution in [-0.4, -0.2) is 25.8 Å². The zero-order chi connectivity index (χ0) is 11.4. The first-order chi connectivity index (χ1) is 7.85. The molecule has 1 heterocycles. The molecule has 0 amide bonds. The maximum absolute atomic E-state index is 5.91. The second-order valence-electron chi connectivity index (χ2n) is 4.44. The van der Waals surface area contributed by atoms with Crippen molar-refractivity contribution in [2.45, 2.75) is 38.3 Å². The van der Waals surface area contributed by atoms with E-state index in [0.717, 1.165) is 18.9 Å². The molecule has 16 heavy (non-hydrogen) atoms. The Kier molecular flexibility index (Phi) is 4.38. The molecule has 3 heteroatoms. The van der Waals surface area contributed by atoms with Gasteiger partial charge in [-0.15, -0.1) is 11.3 Å². The fourth-order valence-corrected chi connectivity index (χ4v) is 2.99. The third-order valence-electron chi connectivity index (χ3n) is 3.21. The van der Waals surface area contributed by atoms with Gasteiger partial charge < -0.3 is 10.1 Å². The lowest BCUT2D eigenvalue weighted by molar-refractivity contribution is 0.0213. The number of hydrogen-bond donors (Lipinski definition) is 1. The van der Waals surface area contributed by atoms with Crippen molar-refractivity contribution in [1.82, 2.24) is 5.32 Å². The third-order valence-corrected chi connectivity index (χ3v) is 4.11.